The molecule has 2 aromatic carbocycles. The molecule has 1 atom stereocenters. The minimum atomic E-state index is -0.0852. The molecule has 6 heteroatoms. The summed E-state index contributed by atoms with van der Waals surface area (Å²) in [6.07, 6.45) is 0.0486. The highest BCUT2D eigenvalue weighted by atomic mass is 16.5. The Bertz CT molecular complexity index is 871. The van der Waals surface area contributed by atoms with Gasteiger partial charge >= 0.3 is 0 Å². The monoisotopic (exact) mass is 350 g/mol. The molecule has 1 fully saturated rings. The van der Waals surface area contributed by atoms with Crippen molar-refractivity contribution in [3.63, 3.8) is 0 Å². The van der Waals surface area contributed by atoms with Crippen LogP contribution >= 0.6 is 0 Å². The van der Waals surface area contributed by atoms with Gasteiger partial charge in [-0.15, -0.1) is 0 Å². The minimum absolute atomic E-state index is 0.0486. The molecule has 0 saturated carbocycles. The summed E-state index contributed by atoms with van der Waals surface area (Å²) in [4.78, 5) is 22.4. The van der Waals surface area contributed by atoms with Crippen LogP contribution in [0.5, 0.6) is 0 Å². The van der Waals surface area contributed by atoms with Gasteiger partial charge in [-0.3, -0.25) is 4.79 Å². The van der Waals surface area contributed by atoms with Crippen molar-refractivity contribution in [3.8, 4) is 11.4 Å². The van der Waals surface area contributed by atoms with Gasteiger partial charge in [-0.05, 0) is 31.3 Å². The molecule has 0 bridgehead atoms. The van der Waals surface area contributed by atoms with Gasteiger partial charge in [0.1, 0.15) is 5.82 Å². The maximum absolute atomic E-state index is 12.4. The van der Waals surface area contributed by atoms with Crippen LogP contribution in [-0.2, 0) is 4.74 Å². The highest BCUT2D eigenvalue weighted by Crippen LogP contribution is 2.20. The average molecular weight is 350 g/mol. The molecule has 4 rings (SSSR count). The zero-order valence-corrected chi connectivity index (χ0v) is 14.7. The summed E-state index contributed by atoms with van der Waals surface area (Å²) in [6.45, 7) is 3.01. The van der Waals surface area contributed by atoms with Crippen LogP contribution in [0.2, 0.25) is 0 Å². The van der Waals surface area contributed by atoms with E-state index >= 15 is 0 Å². The third kappa shape index (κ3) is 3.61. The Morgan fingerprint density at radius 1 is 1.27 bits per heavy atom. The lowest BCUT2D eigenvalue weighted by Gasteiger charge is -2.30. The molecular formula is C20H22N4O2. The molecule has 1 aliphatic rings. The number of amides is 1. The number of fused-ring (bicyclic) bond motifs is 1. The molecule has 6 nitrogen and oxygen atoms in total. The van der Waals surface area contributed by atoms with E-state index in [1.165, 1.54) is 0 Å². The Hall–Kier alpha value is -2.70. The standard InChI is InChI=1S/C20H22N4O2/c1-24-10-11-26-16(13-24)12-21-20(25)15-8-6-14(7-9-15)19-22-17-4-2-3-5-18(17)23-19/h2-9,16H,10-13H2,1H3,(H,21,25)(H,22,23). The number of rotatable bonds is 4. The van der Waals surface area contributed by atoms with Gasteiger partial charge in [0.25, 0.3) is 5.91 Å². The second-order valence-corrected chi connectivity index (χ2v) is 6.64. The fourth-order valence-corrected chi connectivity index (χ4v) is 3.17. The van der Waals surface area contributed by atoms with Gasteiger partial charge in [-0.1, -0.05) is 24.3 Å². The van der Waals surface area contributed by atoms with Gasteiger partial charge in [-0.25, -0.2) is 4.98 Å². The normalized spacial score (nSPS) is 18.1. The number of carbonyl (C=O) groups is 1. The summed E-state index contributed by atoms with van der Waals surface area (Å²) >= 11 is 0. The number of ether oxygens (including phenoxy) is 1. The van der Waals surface area contributed by atoms with Crippen LogP contribution in [0.15, 0.2) is 48.5 Å². The summed E-state index contributed by atoms with van der Waals surface area (Å²) < 4.78 is 5.67. The molecule has 1 amide bonds. The number of imidazole rings is 1. The molecule has 0 radical (unpaired) electrons. The summed E-state index contributed by atoms with van der Waals surface area (Å²) in [6, 6.07) is 15.4. The smallest absolute Gasteiger partial charge is 0.251 e. The van der Waals surface area contributed by atoms with Crippen molar-refractivity contribution in [2.24, 2.45) is 0 Å². The Morgan fingerprint density at radius 2 is 2.08 bits per heavy atom. The predicted molar refractivity (Wildman–Crippen MR) is 101 cm³/mol. The lowest BCUT2D eigenvalue weighted by Crippen LogP contribution is -2.45. The second-order valence-electron chi connectivity index (χ2n) is 6.64. The molecule has 0 spiro atoms. The fraction of sp³-hybridized carbons (Fsp3) is 0.300. The largest absolute Gasteiger partial charge is 0.374 e. The third-order valence-electron chi connectivity index (χ3n) is 4.64. The first-order chi connectivity index (χ1) is 12.7. The maximum Gasteiger partial charge on any atom is 0.251 e. The summed E-state index contributed by atoms with van der Waals surface area (Å²) in [7, 11) is 2.06. The number of benzene rings is 2. The summed E-state index contributed by atoms with van der Waals surface area (Å²) in [5, 5.41) is 2.96. The van der Waals surface area contributed by atoms with Crippen LogP contribution in [-0.4, -0.2) is 60.2 Å². The Morgan fingerprint density at radius 3 is 2.85 bits per heavy atom. The number of nitrogens with one attached hydrogen (secondary N) is 2. The fourth-order valence-electron chi connectivity index (χ4n) is 3.17. The van der Waals surface area contributed by atoms with Gasteiger partial charge in [-0.2, -0.15) is 0 Å². The van der Waals surface area contributed by atoms with Crippen molar-refractivity contribution in [2.45, 2.75) is 6.10 Å². The van der Waals surface area contributed by atoms with E-state index in [0.717, 1.165) is 35.5 Å². The number of carbonyl (C=O) groups excluding carboxylic acids is 1. The third-order valence-corrected chi connectivity index (χ3v) is 4.64. The van der Waals surface area contributed by atoms with Gasteiger partial charge in [0.05, 0.1) is 23.7 Å². The number of aromatic amines is 1. The van der Waals surface area contributed by atoms with E-state index < -0.39 is 0 Å². The molecule has 134 valence electrons. The predicted octanol–water partition coefficient (Wildman–Crippen LogP) is 2.29. The summed E-state index contributed by atoms with van der Waals surface area (Å²) in [5.74, 6) is 0.717. The van der Waals surface area contributed by atoms with E-state index in [4.69, 9.17) is 4.74 Å². The van der Waals surface area contributed by atoms with E-state index in [9.17, 15) is 4.79 Å². The van der Waals surface area contributed by atoms with Gasteiger partial charge < -0.3 is 19.9 Å². The zero-order chi connectivity index (χ0) is 17.9. The van der Waals surface area contributed by atoms with Crippen molar-refractivity contribution < 1.29 is 9.53 Å². The molecule has 3 aromatic rings. The first-order valence-electron chi connectivity index (χ1n) is 8.82. The number of nitrogens with zero attached hydrogens (tertiary/aromatic N) is 2. The highest BCUT2D eigenvalue weighted by molar-refractivity contribution is 5.94. The number of likely N-dealkylation sites (N-methyl/N-ethyl adjacent to an activating group) is 1. The topological polar surface area (TPSA) is 70.2 Å². The van der Waals surface area contributed by atoms with Crippen molar-refractivity contribution in [1.82, 2.24) is 20.2 Å². The average Bonchev–Trinajstić information content (AvgIpc) is 3.10. The van der Waals surface area contributed by atoms with E-state index in [0.29, 0.717) is 18.7 Å². The van der Waals surface area contributed by atoms with Crippen molar-refractivity contribution in [3.05, 3.63) is 54.1 Å². The van der Waals surface area contributed by atoms with Crippen LogP contribution < -0.4 is 5.32 Å². The van der Waals surface area contributed by atoms with Crippen LogP contribution in [0.1, 0.15) is 10.4 Å². The van der Waals surface area contributed by atoms with E-state index in [-0.39, 0.29) is 12.0 Å². The molecule has 26 heavy (non-hydrogen) atoms. The number of aromatic nitrogens is 2. The molecule has 2 heterocycles. The molecule has 0 aliphatic carbocycles. The number of H-pyrrole nitrogens is 1. The molecule has 2 N–H and O–H groups in total. The molecule has 1 unspecified atom stereocenters. The zero-order valence-electron chi connectivity index (χ0n) is 14.7. The van der Waals surface area contributed by atoms with Crippen molar-refractivity contribution in [1.29, 1.82) is 0 Å². The lowest BCUT2D eigenvalue weighted by atomic mass is 10.1. The number of morpholine rings is 1. The minimum Gasteiger partial charge on any atom is -0.374 e. The van der Waals surface area contributed by atoms with Gasteiger partial charge in [0.15, 0.2) is 0 Å². The first-order valence-corrected chi connectivity index (χ1v) is 8.82. The quantitative estimate of drug-likeness (QED) is 0.757. The van der Waals surface area contributed by atoms with Crippen LogP contribution in [0.25, 0.3) is 22.4 Å². The van der Waals surface area contributed by atoms with Gasteiger partial charge in [0, 0.05) is 30.8 Å². The number of para-hydroxylation sites is 2. The first kappa shape index (κ1) is 16.8. The van der Waals surface area contributed by atoms with Crippen LogP contribution in [0.3, 0.4) is 0 Å². The SMILES string of the molecule is CN1CCOC(CNC(=O)c2ccc(-c3nc4ccccc4[nH]3)cc2)C1. The summed E-state index contributed by atoms with van der Waals surface area (Å²) in [5.41, 5.74) is 3.52. The lowest BCUT2D eigenvalue weighted by molar-refractivity contribution is -0.0175. The Kier molecular flexibility index (Phi) is 4.69. The van der Waals surface area contributed by atoms with E-state index in [1.807, 2.05) is 48.5 Å². The van der Waals surface area contributed by atoms with Crippen LogP contribution in [0.4, 0.5) is 0 Å². The molecule has 1 saturated heterocycles. The second kappa shape index (κ2) is 7.27. The maximum atomic E-state index is 12.4. The van der Waals surface area contributed by atoms with Crippen LogP contribution in [0, 0.1) is 0 Å². The number of hydrogen-bond acceptors (Lipinski definition) is 4. The Balaban J connectivity index is 1.41. The molecular weight excluding hydrogens is 328 g/mol. The highest BCUT2D eigenvalue weighted by Gasteiger charge is 2.18. The number of hydrogen-bond donors (Lipinski definition) is 2. The van der Waals surface area contributed by atoms with E-state index in [2.05, 4.69) is 27.2 Å². The van der Waals surface area contributed by atoms with Crippen molar-refractivity contribution >= 4 is 16.9 Å². The Labute approximate surface area is 152 Å². The molecule has 1 aliphatic heterocycles. The van der Waals surface area contributed by atoms with Crippen molar-refractivity contribution in [2.75, 3.05) is 33.3 Å². The molecule has 1 aromatic heterocycles. The van der Waals surface area contributed by atoms with E-state index in [1.54, 1.807) is 0 Å². The van der Waals surface area contributed by atoms with Gasteiger partial charge in [0.2, 0.25) is 0 Å².